The smallest absolute Gasteiger partial charge is 0.244 e. The normalized spacial score (nSPS) is 20.1. The number of nitrogens with one attached hydrogen (secondary N) is 1. The summed E-state index contributed by atoms with van der Waals surface area (Å²) in [5.41, 5.74) is 0. The van der Waals surface area contributed by atoms with Gasteiger partial charge >= 0.3 is 0 Å². The number of methoxy groups -OCH3 is 1. The first-order chi connectivity index (χ1) is 16.0. The van der Waals surface area contributed by atoms with E-state index >= 15 is 0 Å². The van der Waals surface area contributed by atoms with Gasteiger partial charge in [-0.2, -0.15) is 4.31 Å². The fraction of sp³-hybridized carbons (Fsp3) is 0.500. The van der Waals surface area contributed by atoms with E-state index in [-0.39, 0.29) is 26.8 Å². The molecule has 2 aromatic carbocycles. The highest BCUT2D eigenvalue weighted by molar-refractivity contribution is 7.89. The van der Waals surface area contributed by atoms with Crippen LogP contribution in [-0.4, -0.2) is 44.9 Å². The summed E-state index contributed by atoms with van der Waals surface area (Å²) < 4.78 is 34.7. The highest BCUT2D eigenvalue weighted by atomic mass is 32.2. The number of sulfonamides is 1. The van der Waals surface area contributed by atoms with E-state index < -0.39 is 10.0 Å². The molecule has 2 aromatic rings. The second-order valence-electron chi connectivity index (χ2n) is 9.16. The minimum Gasteiger partial charge on any atom is -0.496 e. The van der Waals surface area contributed by atoms with Gasteiger partial charge in [-0.15, -0.1) is 0 Å². The molecule has 191 valence electrons. The van der Waals surface area contributed by atoms with Crippen LogP contribution in [-0.2, 0) is 14.8 Å². The van der Waals surface area contributed by atoms with E-state index in [2.05, 4.69) is 5.32 Å². The molecule has 1 amide bonds. The Balaban J connectivity index is 0.00000216. The minimum absolute atomic E-state index is 0. The number of amides is 1. The van der Waals surface area contributed by atoms with Crippen LogP contribution in [0.4, 0.5) is 0 Å². The number of hydrogen-bond acceptors (Lipinski definition) is 4. The number of rotatable bonds is 6. The van der Waals surface area contributed by atoms with Crippen molar-refractivity contribution < 1.29 is 17.9 Å². The zero-order valence-corrected chi connectivity index (χ0v) is 21.7. The Morgan fingerprint density at radius 1 is 0.943 bits per heavy atom. The largest absolute Gasteiger partial charge is 0.496 e. The predicted octanol–water partition coefficient (Wildman–Crippen LogP) is 5.48. The van der Waals surface area contributed by atoms with Crippen molar-refractivity contribution in [3.8, 4) is 5.75 Å². The van der Waals surface area contributed by atoms with Crippen molar-refractivity contribution in [2.45, 2.75) is 75.1 Å². The zero-order valence-electron chi connectivity index (χ0n) is 20.9. The summed E-state index contributed by atoms with van der Waals surface area (Å²) in [6, 6.07) is 10.6. The van der Waals surface area contributed by atoms with Gasteiger partial charge in [0.15, 0.2) is 0 Å². The lowest BCUT2D eigenvalue weighted by Crippen LogP contribution is -2.49. The molecule has 1 N–H and O–H groups in total. The average Bonchev–Trinajstić information content (AvgIpc) is 2.81. The molecule has 2 aliphatic rings. The summed E-state index contributed by atoms with van der Waals surface area (Å²) in [6.07, 6.45) is 10.0. The summed E-state index contributed by atoms with van der Waals surface area (Å²) >= 11 is 0. The number of carbonyl (C=O) groups is 1. The van der Waals surface area contributed by atoms with Crippen LogP contribution in [0, 0.1) is 20.8 Å². The molecule has 1 atom stereocenters. The van der Waals surface area contributed by atoms with Gasteiger partial charge in [-0.1, -0.05) is 77.6 Å². The quantitative estimate of drug-likeness (QED) is 0.571. The molecule has 35 heavy (non-hydrogen) atoms. The Morgan fingerprint density at radius 2 is 1.60 bits per heavy atom. The van der Waals surface area contributed by atoms with Crippen LogP contribution in [0.3, 0.4) is 0 Å². The van der Waals surface area contributed by atoms with Crippen LogP contribution >= 0.6 is 0 Å². The third-order valence-electron chi connectivity index (χ3n) is 7.00. The summed E-state index contributed by atoms with van der Waals surface area (Å²) in [5.74, 6) is 1.64. The Kier molecular flexibility index (Phi) is 11.0. The molecule has 0 spiro atoms. The van der Waals surface area contributed by atoms with Crippen molar-refractivity contribution in [2.75, 3.05) is 20.2 Å². The molecule has 0 bridgehead atoms. The van der Waals surface area contributed by atoms with Gasteiger partial charge in [-0.05, 0) is 37.8 Å². The number of piperidine rings is 1. The zero-order chi connectivity index (χ0) is 23.3. The average molecular weight is 500 g/mol. The van der Waals surface area contributed by atoms with Crippen molar-refractivity contribution in [3.63, 3.8) is 0 Å². The van der Waals surface area contributed by atoms with Gasteiger partial charge in [0.1, 0.15) is 5.75 Å². The van der Waals surface area contributed by atoms with Crippen molar-refractivity contribution in [1.82, 2.24) is 9.62 Å². The number of benzene rings is 2. The summed E-state index contributed by atoms with van der Waals surface area (Å²) in [4.78, 5) is 13.1. The van der Waals surface area contributed by atoms with E-state index in [1.807, 2.05) is 24.3 Å². The van der Waals surface area contributed by atoms with Gasteiger partial charge in [0.05, 0.1) is 17.9 Å². The van der Waals surface area contributed by atoms with Crippen LogP contribution in [0.15, 0.2) is 41.3 Å². The molecule has 1 unspecified atom stereocenters. The highest BCUT2D eigenvalue weighted by Crippen LogP contribution is 2.34. The van der Waals surface area contributed by atoms with Crippen molar-refractivity contribution >= 4 is 26.7 Å². The van der Waals surface area contributed by atoms with Crippen molar-refractivity contribution in [2.24, 2.45) is 0 Å². The number of fused-ring (bicyclic) bond motifs is 1. The van der Waals surface area contributed by atoms with E-state index in [9.17, 15) is 13.2 Å². The standard InChI is InChI=1S/C26H35N2O4S.2CH2/c1-32-24-16-17-25(23-15-8-7-14-22(23)24)33(30,31)28-18-10-9-13-21(28)19-27-26(29)20-11-5-3-2-4-6-12-20;;/h7-8,14-17,21H,2-6,9-13,18-19H2,1H3,(H,27,29);2*1H2. The Labute approximate surface area is 212 Å². The lowest BCUT2D eigenvalue weighted by molar-refractivity contribution is -0.120. The van der Waals surface area contributed by atoms with Crippen molar-refractivity contribution in [3.05, 3.63) is 57.2 Å². The molecule has 1 aliphatic heterocycles. The third kappa shape index (κ3) is 6.56. The fourth-order valence-electron chi connectivity index (χ4n) is 5.16. The number of nitrogens with zero attached hydrogens (tertiary/aromatic N) is 1. The third-order valence-corrected chi connectivity index (χ3v) is 9.01. The van der Waals surface area contributed by atoms with E-state index in [0.717, 1.165) is 56.2 Å². The second kappa shape index (κ2) is 13.3. The molecule has 6 nitrogen and oxygen atoms in total. The van der Waals surface area contributed by atoms with Gasteiger partial charge in [0.25, 0.3) is 0 Å². The Morgan fingerprint density at radius 3 is 2.29 bits per heavy atom. The molecule has 7 heteroatoms. The van der Waals surface area contributed by atoms with E-state index in [4.69, 9.17) is 4.74 Å². The molecule has 5 radical (unpaired) electrons. The predicted molar refractivity (Wildman–Crippen MR) is 141 cm³/mol. The number of ether oxygens (including phenoxy) is 1. The molecule has 4 rings (SSSR count). The topological polar surface area (TPSA) is 75.7 Å². The van der Waals surface area contributed by atoms with Crippen LogP contribution in [0.2, 0.25) is 0 Å². The number of hydrogen-bond donors (Lipinski definition) is 1. The first-order valence-electron chi connectivity index (χ1n) is 12.2. The van der Waals surface area contributed by atoms with E-state index in [1.165, 1.54) is 19.3 Å². The lowest BCUT2D eigenvalue weighted by Gasteiger charge is -2.35. The van der Waals surface area contributed by atoms with Crippen molar-refractivity contribution in [1.29, 1.82) is 0 Å². The summed E-state index contributed by atoms with van der Waals surface area (Å²) in [7, 11) is -2.14. The molecule has 1 saturated carbocycles. The van der Waals surface area contributed by atoms with Crippen LogP contribution in [0.25, 0.3) is 10.8 Å². The van der Waals surface area contributed by atoms with Crippen LogP contribution in [0.5, 0.6) is 5.75 Å². The lowest BCUT2D eigenvalue weighted by atomic mass is 9.90. The first kappa shape index (κ1) is 29.1. The molecule has 0 aromatic heterocycles. The number of carbonyl (C=O) groups excluding carboxylic acids is 1. The van der Waals surface area contributed by atoms with Gasteiger partial charge in [0.2, 0.25) is 15.9 Å². The second-order valence-corrected chi connectivity index (χ2v) is 11.0. The maximum absolute atomic E-state index is 13.8. The SMILES string of the molecule is COc1ccc(S(=O)(=O)N2CCCCC2CNC(=O)[C]2CCCCCCC2)c2ccccc12.[CH2].[CH2]. The maximum atomic E-state index is 13.8. The van der Waals surface area contributed by atoms with Gasteiger partial charge in [-0.3, -0.25) is 4.79 Å². The molecule has 1 saturated heterocycles. The molecule has 1 aliphatic carbocycles. The van der Waals surface area contributed by atoms with E-state index in [1.54, 1.807) is 23.5 Å². The monoisotopic (exact) mass is 499 g/mol. The minimum atomic E-state index is -3.73. The molecule has 2 fully saturated rings. The maximum Gasteiger partial charge on any atom is 0.244 e. The first-order valence-corrected chi connectivity index (χ1v) is 13.7. The Bertz CT molecular complexity index is 1060. The molecular formula is C28H39N2O4S. The van der Waals surface area contributed by atoms with Gasteiger partial charge in [0, 0.05) is 29.9 Å². The van der Waals surface area contributed by atoms with Gasteiger partial charge in [-0.25, -0.2) is 8.42 Å². The van der Waals surface area contributed by atoms with Gasteiger partial charge < -0.3 is 10.1 Å². The van der Waals surface area contributed by atoms with E-state index in [0.29, 0.717) is 29.1 Å². The molecule has 1 heterocycles. The fourth-order valence-corrected chi connectivity index (χ4v) is 7.05. The molecular weight excluding hydrogens is 460 g/mol. The summed E-state index contributed by atoms with van der Waals surface area (Å²) in [5, 5.41) is 4.52. The Hall–Kier alpha value is -2.12. The highest BCUT2D eigenvalue weighted by Gasteiger charge is 2.35. The van der Waals surface area contributed by atoms with Crippen LogP contribution < -0.4 is 10.1 Å². The summed E-state index contributed by atoms with van der Waals surface area (Å²) in [6.45, 7) is 0.829. The van der Waals surface area contributed by atoms with Crippen LogP contribution in [0.1, 0.15) is 64.2 Å².